The van der Waals surface area contributed by atoms with Gasteiger partial charge < -0.3 is 15.2 Å². The fraction of sp³-hybridized carbons (Fsp3) is 0.545. The fourth-order valence-corrected chi connectivity index (χ4v) is 1.43. The molecule has 4 heteroatoms. The van der Waals surface area contributed by atoms with E-state index in [9.17, 15) is 0 Å². The first-order valence-corrected chi connectivity index (χ1v) is 5.11. The van der Waals surface area contributed by atoms with Crippen molar-refractivity contribution >= 4 is 5.69 Å². The van der Waals surface area contributed by atoms with Crippen molar-refractivity contribution in [1.82, 2.24) is 4.98 Å². The lowest BCUT2D eigenvalue weighted by atomic mass is 10.1. The van der Waals surface area contributed by atoms with Crippen molar-refractivity contribution in [2.45, 2.75) is 13.8 Å². The minimum absolute atomic E-state index is 0.518. The van der Waals surface area contributed by atoms with E-state index < -0.39 is 0 Å². The average Bonchev–Trinajstić information content (AvgIpc) is 2.11. The second kappa shape index (κ2) is 4.06. The van der Waals surface area contributed by atoms with Gasteiger partial charge in [-0.1, -0.05) is 0 Å². The smallest absolute Gasteiger partial charge is 0.216 e. The van der Waals surface area contributed by atoms with Crippen molar-refractivity contribution < 1.29 is 9.47 Å². The van der Waals surface area contributed by atoms with Crippen LogP contribution in [0.1, 0.15) is 11.3 Å². The Morgan fingerprint density at radius 2 is 2.27 bits per heavy atom. The SMILES string of the molecule is Cc1cc(N)c(C)nc1OCC1COC1. The van der Waals surface area contributed by atoms with Gasteiger partial charge in [0, 0.05) is 11.5 Å². The molecule has 15 heavy (non-hydrogen) atoms. The highest BCUT2D eigenvalue weighted by Crippen LogP contribution is 2.21. The molecule has 0 saturated carbocycles. The first-order valence-electron chi connectivity index (χ1n) is 5.11. The van der Waals surface area contributed by atoms with E-state index in [1.165, 1.54) is 0 Å². The van der Waals surface area contributed by atoms with Crippen LogP contribution in [-0.4, -0.2) is 24.8 Å². The molecule has 0 atom stereocenters. The van der Waals surface area contributed by atoms with Crippen LogP contribution in [0.3, 0.4) is 0 Å². The van der Waals surface area contributed by atoms with Crippen LogP contribution in [0, 0.1) is 19.8 Å². The highest BCUT2D eigenvalue weighted by Gasteiger charge is 2.19. The third kappa shape index (κ3) is 2.21. The number of aryl methyl sites for hydroxylation is 2. The Bertz CT molecular complexity index is 362. The maximum Gasteiger partial charge on any atom is 0.216 e. The molecule has 0 amide bonds. The zero-order valence-electron chi connectivity index (χ0n) is 9.12. The summed E-state index contributed by atoms with van der Waals surface area (Å²) in [7, 11) is 0. The Morgan fingerprint density at radius 3 is 2.87 bits per heavy atom. The van der Waals surface area contributed by atoms with Crippen LogP contribution in [0.5, 0.6) is 5.88 Å². The molecule has 0 aliphatic carbocycles. The largest absolute Gasteiger partial charge is 0.477 e. The van der Waals surface area contributed by atoms with Gasteiger partial charge in [-0.25, -0.2) is 4.98 Å². The zero-order valence-corrected chi connectivity index (χ0v) is 9.12. The highest BCUT2D eigenvalue weighted by molar-refractivity contribution is 5.47. The van der Waals surface area contributed by atoms with Gasteiger partial charge in [0.15, 0.2) is 0 Å². The lowest BCUT2D eigenvalue weighted by Gasteiger charge is -2.25. The minimum Gasteiger partial charge on any atom is -0.477 e. The number of hydrogen-bond donors (Lipinski definition) is 1. The summed E-state index contributed by atoms with van der Waals surface area (Å²) in [6.07, 6.45) is 0. The fourth-order valence-electron chi connectivity index (χ4n) is 1.43. The molecule has 2 N–H and O–H groups in total. The molecule has 0 spiro atoms. The van der Waals surface area contributed by atoms with Crippen LogP contribution in [0.15, 0.2) is 6.07 Å². The molecule has 0 bridgehead atoms. The lowest BCUT2D eigenvalue weighted by Crippen LogP contribution is -2.32. The Hall–Kier alpha value is -1.29. The van der Waals surface area contributed by atoms with Crippen molar-refractivity contribution in [2.75, 3.05) is 25.6 Å². The first-order chi connectivity index (χ1) is 7.16. The Morgan fingerprint density at radius 1 is 1.53 bits per heavy atom. The van der Waals surface area contributed by atoms with Gasteiger partial charge in [-0.15, -0.1) is 0 Å². The average molecular weight is 208 g/mol. The van der Waals surface area contributed by atoms with Gasteiger partial charge in [0.25, 0.3) is 0 Å². The van der Waals surface area contributed by atoms with Crippen LogP contribution < -0.4 is 10.5 Å². The van der Waals surface area contributed by atoms with E-state index >= 15 is 0 Å². The van der Waals surface area contributed by atoms with E-state index in [-0.39, 0.29) is 0 Å². The molecule has 1 aliphatic heterocycles. The van der Waals surface area contributed by atoms with E-state index in [1.807, 2.05) is 19.9 Å². The molecule has 1 aliphatic rings. The van der Waals surface area contributed by atoms with E-state index in [1.54, 1.807) is 0 Å². The zero-order chi connectivity index (χ0) is 10.8. The molecule has 0 radical (unpaired) electrons. The minimum atomic E-state index is 0.518. The second-order valence-corrected chi connectivity index (χ2v) is 4.00. The molecule has 2 heterocycles. The second-order valence-electron chi connectivity index (χ2n) is 4.00. The summed E-state index contributed by atoms with van der Waals surface area (Å²) in [6, 6.07) is 1.90. The van der Waals surface area contributed by atoms with Crippen molar-refractivity contribution in [2.24, 2.45) is 5.92 Å². The molecular weight excluding hydrogens is 192 g/mol. The van der Waals surface area contributed by atoms with Gasteiger partial charge in [0.05, 0.1) is 31.2 Å². The number of nitrogen functional groups attached to an aromatic ring is 1. The number of ether oxygens (including phenoxy) is 2. The number of nitrogens with two attached hydrogens (primary N) is 1. The quantitative estimate of drug-likeness (QED) is 0.813. The van der Waals surface area contributed by atoms with Crippen molar-refractivity contribution in [3.05, 3.63) is 17.3 Å². The van der Waals surface area contributed by atoms with Crippen LogP contribution in [-0.2, 0) is 4.74 Å². The van der Waals surface area contributed by atoms with Gasteiger partial charge in [0.1, 0.15) is 0 Å². The van der Waals surface area contributed by atoms with Crippen LogP contribution in [0.25, 0.3) is 0 Å². The summed E-state index contributed by atoms with van der Waals surface area (Å²) in [4.78, 5) is 4.31. The molecule has 1 aromatic rings. The third-order valence-corrected chi connectivity index (χ3v) is 2.56. The monoisotopic (exact) mass is 208 g/mol. The molecule has 4 nitrogen and oxygen atoms in total. The molecule has 1 aromatic heterocycles. The molecule has 0 unspecified atom stereocenters. The summed E-state index contributed by atoms with van der Waals surface area (Å²) in [5.74, 6) is 1.21. The van der Waals surface area contributed by atoms with Crippen molar-refractivity contribution in [3.63, 3.8) is 0 Å². The van der Waals surface area contributed by atoms with E-state index in [0.29, 0.717) is 24.1 Å². The number of rotatable bonds is 3. The van der Waals surface area contributed by atoms with Crippen molar-refractivity contribution in [3.8, 4) is 5.88 Å². The lowest BCUT2D eigenvalue weighted by molar-refractivity contribution is -0.0515. The van der Waals surface area contributed by atoms with Gasteiger partial charge in [-0.2, -0.15) is 0 Å². The number of aromatic nitrogens is 1. The number of hydrogen-bond acceptors (Lipinski definition) is 4. The Kier molecular flexibility index (Phi) is 2.77. The molecular formula is C11H16N2O2. The van der Waals surface area contributed by atoms with Gasteiger partial charge >= 0.3 is 0 Å². The third-order valence-electron chi connectivity index (χ3n) is 2.56. The Labute approximate surface area is 89.4 Å². The number of nitrogens with zero attached hydrogens (tertiary/aromatic N) is 1. The normalized spacial score (nSPS) is 16.1. The molecule has 82 valence electrons. The van der Waals surface area contributed by atoms with Gasteiger partial charge in [-0.3, -0.25) is 0 Å². The molecule has 1 fully saturated rings. The standard InChI is InChI=1S/C11H16N2O2/c1-7-3-10(12)8(2)13-11(7)15-6-9-4-14-5-9/h3,9H,4-6,12H2,1-2H3. The predicted octanol–water partition coefficient (Wildman–Crippen LogP) is 1.31. The summed E-state index contributed by atoms with van der Waals surface area (Å²) >= 11 is 0. The Balaban J connectivity index is 2.03. The maximum atomic E-state index is 5.74. The topological polar surface area (TPSA) is 57.4 Å². The summed E-state index contributed by atoms with van der Waals surface area (Å²) < 4.78 is 10.7. The first kappa shape index (κ1) is 10.2. The molecule has 0 aromatic carbocycles. The van der Waals surface area contributed by atoms with Gasteiger partial charge in [-0.05, 0) is 19.9 Å². The van der Waals surface area contributed by atoms with E-state index in [0.717, 1.165) is 24.5 Å². The van der Waals surface area contributed by atoms with Crippen LogP contribution in [0.2, 0.25) is 0 Å². The van der Waals surface area contributed by atoms with Crippen LogP contribution in [0.4, 0.5) is 5.69 Å². The molecule has 2 rings (SSSR count). The van der Waals surface area contributed by atoms with E-state index in [2.05, 4.69) is 4.98 Å². The number of pyridine rings is 1. The van der Waals surface area contributed by atoms with Crippen molar-refractivity contribution in [1.29, 1.82) is 0 Å². The summed E-state index contributed by atoms with van der Waals surface area (Å²) in [6.45, 7) is 6.11. The molecule has 1 saturated heterocycles. The van der Waals surface area contributed by atoms with Crippen LogP contribution >= 0.6 is 0 Å². The maximum absolute atomic E-state index is 5.74. The van der Waals surface area contributed by atoms with E-state index in [4.69, 9.17) is 15.2 Å². The highest BCUT2D eigenvalue weighted by atomic mass is 16.5. The predicted molar refractivity (Wildman–Crippen MR) is 57.9 cm³/mol. The number of anilines is 1. The summed E-state index contributed by atoms with van der Waals surface area (Å²) in [5, 5.41) is 0. The van der Waals surface area contributed by atoms with Gasteiger partial charge in [0.2, 0.25) is 5.88 Å². The summed E-state index contributed by atoms with van der Waals surface area (Å²) in [5.41, 5.74) is 8.26.